The molecule has 0 aromatic carbocycles. The highest BCUT2D eigenvalue weighted by atomic mass is 16.5. The van der Waals surface area contributed by atoms with E-state index >= 15 is 0 Å². The number of morpholine rings is 1. The Morgan fingerprint density at radius 2 is 2.04 bits per heavy atom. The highest BCUT2D eigenvalue weighted by Gasteiger charge is 2.20. The van der Waals surface area contributed by atoms with Gasteiger partial charge in [0, 0.05) is 38.3 Å². The predicted octanol–water partition coefficient (Wildman–Crippen LogP) is 1.92. The van der Waals surface area contributed by atoms with E-state index in [1.165, 1.54) is 6.42 Å². The van der Waals surface area contributed by atoms with Crippen molar-refractivity contribution in [2.24, 2.45) is 0 Å². The molecular formula is C20H29N5O2. The molecule has 0 atom stereocenters. The van der Waals surface area contributed by atoms with Gasteiger partial charge in [0.25, 0.3) is 5.91 Å². The number of fused-ring (bicyclic) bond motifs is 3. The quantitative estimate of drug-likeness (QED) is 0.813. The largest absolute Gasteiger partial charge is 0.379 e. The molecule has 4 rings (SSSR count). The van der Waals surface area contributed by atoms with Gasteiger partial charge in [0.2, 0.25) is 0 Å². The maximum Gasteiger partial charge on any atom is 0.253 e. The zero-order valence-electron chi connectivity index (χ0n) is 16.2. The number of ether oxygens (including phenoxy) is 1. The van der Waals surface area contributed by atoms with Crippen LogP contribution in [-0.2, 0) is 17.7 Å². The van der Waals surface area contributed by atoms with E-state index in [1.807, 2.05) is 13.0 Å². The number of imidazole rings is 1. The fourth-order valence-electron chi connectivity index (χ4n) is 4.01. The van der Waals surface area contributed by atoms with E-state index in [0.717, 1.165) is 87.8 Å². The first kappa shape index (κ1) is 18.4. The molecule has 4 heterocycles. The minimum absolute atomic E-state index is 0.0410. The van der Waals surface area contributed by atoms with Gasteiger partial charge >= 0.3 is 0 Å². The summed E-state index contributed by atoms with van der Waals surface area (Å²) in [6.45, 7) is 8.15. The summed E-state index contributed by atoms with van der Waals surface area (Å²) in [7, 11) is 0. The van der Waals surface area contributed by atoms with Crippen molar-refractivity contribution in [2.45, 2.75) is 45.6 Å². The van der Waals surface area contributed by atoms with Crippen molar-refractivity contribution in [1.29, 1.82) is 0 Å². The molecule has 1 fully saturated rings. The Morgan fingerprint density at radius 3 is 2.89 bits per heavy atom. The molecule has 0 aliphatic carbocycles. The van der Waals surface area contributed by atoms with Crippen LogP contribution < -0.4 is 5.32 Å². The Morgan fingerprint density at radius 1 is 1.19 bits per heavy atom. The Balaban J connectivity index is 1.45. The summed E-state index contributed by atoms with van der Waals surface area (Å²) in [4.78, 5) is 24.7. The van der Waals surface area contributed by atoms with E-state index in [0.29, 0.717) is 12.1 Å². The van der Waals surface area contributed by atoms with Crippen molar-refractivity contribution in [1.82, 2.24) is 24.8 Å². The second-order valence-electron chi connectivity index (χ2n) is 7.54. The van der Waals surface area contributed by atoms with E-state index in [2.05, 4.69) is 14.8 Å². The molecule has 146 valence electrons. The van der Waals surface area contributed by atoms with Gasteiger partial charge in [-0.2, -0.15) is 0 Å². The van der Waals surface area contributed by atoms with E-state index < -0.39 is 0 Å². The van der Waals surface area contributed by atoms with Crippen molar-refractivity contribution < 1.29 is 9.53 Å². The lowest BCUT2D eigenvalue weighted by molar-refractivity contribution is 0.0374. The molecule has 0 saturated carbocycles. The van der Waals surface area contributed by atoms with Gasteiger partial charge in [-0.25, -0.2) is 9.97 Å². The van der Waals surface area contributed by atoms with Crippen molar-refractivity contribution in [3.8, 4) is 0 Å². The minimum atomic E-state index is -0.0410. The van der Waals surface area contributed by atoms with Gasteiger partial charge in [0.05, 0.1) is 18.8 Å². The number of nitrogens with one attached hydrogen (secondary N) is 1. The van der Waals surface area contributed by atoms with Crippen LogP contribution in [0.25, 0.3) is 11.2 Å². The van der Waals surface area contributed by atoms with Gasteiger partial charge in [0.15, 0.2) is 5.65 Å². The Bertz CT molecular complexity index is 810. The van der Waals surface area contributed by atoms with E-state index in [1.54, 1.807) is 0 Å². The number of amides is 1. The highest BCUT2D eigenvalue weighted by Crippen LogP contribution is 2.24. The van der Waals surface area contributed by atoms with Gasteiger partial charge in [-0.05, 0) is 38.8 Å². The summed E-state index contributed by atoms with van der Waals surface area (Å²) in [5.74, 6) is 1.03. The number of nitrogens with zero attached hydrogens (tertiary/aromatic N) is 4. The summed E-state index contributed by atoms with van der Waals surface area (Å²) < 4.78 is 7.58. The molecule has 1 amide bonds. The van der Waals surface area contributed by atoms with Crippen LogP contribution in [0.3, 0.4) is 0 Å². The van der Waals surface area contributed by atoms with Gasteiger partial charge in [0.1, 0.15) is 11.3 Å². The number of aryl methyl sites for hydroxylation is 3. The molecule has 27 heavy (non-hydrogen) atoms. The summed E-state index contributed by atoms with van der Waals surface area (Å²) in [6, 6.07) is 1.87. The van der Waals surface area contributed by atoms with Crippen molar-refractivity contribution >= 4 is 17.1 Å². The third-order valence-corrected chi connectivity index (χ3v) is 5.48. The Kier molecular flexibility index (Phi) is 5.69. The lowest BCUT2D eigenvalue weighted by atomic mass is 10.2. The van der Waals surface area contributed by atoms with Crippen LogP contribution in [0.15, 0.2) is 6.07 Å². The van der Waals surface area contributed by atoms with E-state index in [9.17, 15) is 4.79 Å². The molecule has 2 aromatic heterocycles. The summed E-state index contributed by atoms with van der Waals surface area (Å²) in [5, 5.41) is 3.08. The average molecular weight is 371 g/mol. The van der Waals surface area contributed by atoms with E-state index in [4.69, 9.17) is 14.7 Å². The zero-order chi connectivity index (χ0) is 18.6. The van der Waals surface area contributed by atoms with Crippen LogP contribution >= 0.6 is 0 Å². The molecular weight excluding hydrogens is 342 g/mol. The first-order valence-electron chi connectivity index (χ1n) is 10.2. The van der Waals surface area contributed by atoms with Crippen molar-refractivity contribution in [2.75, 3.05) is 39.4 Å². The molecule has 1 saturated heterocycles. The topological polar surface area (TPSA) is 72.3 Å². The molecule has 0 radical (unpaired) electrons. The molecule has 0 bridgehead atoms. The zero-order valence-corrected chi connectivity index (χ0v) is 16.2. The highest BCUT2D eigenvalue weighted by molar-refractivity contribution is 6.04. The molecule has 1 N–H and O–H groups in total. The van der Waals surface area contributed by atoms with Crippen LogP contribution in [0.2, 0.25) is 0 Å². The van der Waals surface area contributed by atoms with Crippen LogP contribution in [0.5, 0.6) is 0 Å². The van der Waals surface area contributed by atoms with Crippen LogP contribution in [0, 0.1) is 6.92 Å². The van der Waals surface area contributed by atoms with Gasteiger partial charge in [-0.1, -0.05) is 6.42 Å². The van der Waals surface area contributed by atoms with Crippen LogP contribution in [-0.4, -0.2) is 64.7 Å². The number of carbonyl (C=O) groups excluding carboxylic acids is 1. The third kappa shape index (κ3) is 4.14. The summed E-state index contributed by atoms with van der Waals surface area (Å²) in [5.41, 5.74) is 3.14. The Labute approximate surface area is 160 Å². The summed E-state index contributed by atoms with van der Waals surface area (Å²) in [6.07, 6.45) is 5.45. The van der Waals surface area contributed by atoms with Gasteiger partial charge < -0.3 is 14.6 Å². The minimum Gasteiger partial charge on any atom is -0.379 e. The average Bonchev–Trinajstić information content (AvgIpc) is 2.86. The SMILES string of the molecule is Cc1cc(C(=O)NCCCN2CCOCC2)c2nc3n(c2n1)CCCCC3. The molecule has 0 spiro atoms. The van der Waals surface area contributed by atoms with Gasteiger partial charge in [-0.3, -0.25) is 9.69 Å². The smallest absolute Gasteiger partial charge is 0.253 e. The lowest BCUT2D eigenvalue weighted by Gasteiger charge is -2.26. The van der Waals surface area contributed by atoms with Crippen molar-refractivity contribution in [3.63, 3.8) is 0 Å². The number of aromatic nitrogens is 3. The normalized spacial score (nSPS) is 18.3. The second-order valence-corrected chi connectivity index (χ2v) is 7.54. The Hall–Kier alpha value is -1.99. The monoisotopic (exact) mass is 371 g/mol. The lowest BCUT2D eigenvalue weighted by Crippen LogP contribution is -2.38. The first-order chi connectivity index (χ1) is 13.2. The number of hydrogen-bond donors (Lipinski definition) is 1. The molecule has 2 aromatic rings. The third-order valence-electron chi connectivity index (χ3n) is 5.48. The van der Waals surface area contributed by atoms with Crippen LogP contribution in [0.1, 0.15) is 47.6 Å². The fourth-order valence-corrected chi connectivity index (χ4v) is 4.01. The molecule has 7 nitrogen and oxygen atoms in total. The maximum absolute atomic E-state index is 12.8. The number of hydrogen-bond acceptors (Lipinski definition) is 5. The molecule has 0 unspecified atom stereocenters. The first-order valence-corrected chi connectivity index (χ1v) is 10.2. The molecule has 2 aliphatic heterocycles. The number of carbonyl (C=O) groups is 1. The van der Waals surface area contributed by atoms with Gasteiger partial charge in [-0.15, -0.1) is 0 Å². The second kappa shape index (κ2) is 8.35. The maximum atomic E-state index is 12.8. The predicted molar refractivity (Wildman–Crippen MR) is 104 cm³/mol. The number of rotatable bonds is 5. The molecule has 7 heteroatoms. The standard InChI is InChI=1S/C20H29N5O2/c1-15-14-16(20(26)21-7-5-8-24-10-12-27-13-11-24)18-19(22-15)25-9-4-2-3-6-17(25)23-18/h14H,2-13H2,1H3,(H,21,26). The summed E-state index contributed by atoms with van der Waals surface area (Å²) >= 11 is 0. The van der Waals surface area contributed by atoms with E-state index in [-0.39, 0.29) is 5.91 Å². The molecule has 2 aliphatic rings. The van der Waals surface area contributed by atoms with Crippen LogP contribution in [0.4, 0.5) is 0 Å². The van der Waals surface area contributed by atoms with Crippen molar-refractivity contribution in [3.05, 3.63) is 23.1 Å². The number of pyridine rings is 1. The fraction of sp³-hybridized carbons (Fsp3) is 0.650.